The molecule has 0 saturated heterocycles. The van der Waals surface area contributed by atoms with Crippen molar-refractivity contribution in [2.75, 3.05) is 0 Å². The van der Waals surface area contributed by atoms with E-state index in [0.29, 0.717) is 57.7 Å². The van der Waals surface area contributed by atoms with Gasteiger partial charge in [-0.1, -0.05) is 98.9 Å². The molecule has 0 bridgehead atoms. The van der Waals surface area contributed by atoms with Crippen molar-refractivity contribution in [3.05, 3.63) is 33.9 Å². The topological polar surface area (TPSA) is 0 Å². The van der Waals surface area contributed by atoms with Gasteiger partial charge in [-0.3, -0.25) is 0 Å². The van der Waals surface area contributed by atoms with Crippen LogP contribution < -0.4 is 0 Å². The van der Waals surface area contributed by atoms with E-state index in [4.69, 9.17) is 139 Å². The summed E-state index contributed by atoms with van der Waals surface area (Å²) in [5, 5.41) is -2.66. The Morgan fingerprint density at radius 2 is 0.839 bits per heavy atom. The molecule has 0 spiro atoms. The zero-order valence-corrected chi connectivity index (χ0v) is 34.0. The second-order valence-corrected chi connectivity index (χ2v) is 23.0. The van der Waals surface area contributed by atoms with Crippen LogP contribution in [-0.2, 0) is 17.3 Å². The Bertz CT molecular complexity index is 808. The lowest BCUT2D eigenvalue weighted by Gasteiger charge is -2.41. The molecule has 0 heterocycles. The molecule has 0 aliphatic carbocycles. The lowest BCUT2D eigenvalue weighted by molar-refractivity contribution is 0.766. The largest absolute Gasteiger partial charge is 0.156 e. The highest BCUT2D eigenvalue weighted by Crippen LogP contribution is 2.58. The quantitative estimate of drug-likeness (QED) is 0.277. The van der Waals surface area contributed by atoms with Gasteiger partial charge in [-0.25, -0.2) is 0 Å². The maximum Gasteiger partial charge on any atom is 0.156 e. The Kier molecular flexibility index (Phi) is 12.1. The van der Waals surface area contributed by atoms with Crippen LogP contribution in [0.3, 0.4) is 0 Å². The van der Waals surface area contributed by atoms with E-state index in [-0.39, 0.29) is 11.1 Å². The Balaban J connectivity index is 4.51. The molecule has 0 fully saturated rings. The monoisotopic (exact) mass is 732 g/mol. The van der Waals surface area contributed by atoms with E-state index in [1.807, 2.05) is 0 Å². The number of alkyl halides is 12. The molecule has 1 aromatic carbocycles. The fourth-order valence-corrected chi connectivity index (χ4v) is 6.18. The number of halogens is 12. The van der Waals surface area contributed by atoms with Crippen molar-refractivity contribution in [2.24, 2.45) is 0 Å². The van der Waals surface area contributed by atoms with Crippen molar-refractivity contribution in [1.29, 1.82) is 0 Å². The van der Waals surface area contributed by atoms with Gasteiger partial charge in [-0.15, -0.1) is 46.4 Å². The fraction of sp³-hybridized carbons (Fsp3) is 0.600. The number of aryl methyl sites for hydroxylation is 1. The van der Waals surface area contributed by atoms with Gasteiger partial charge in [0.25, 0.3) is 0 Å². The van der Waals surface area contributed by atoms with Crippen LogP contribution in [0.4, 0.5) is 0 Å². The number of hydrogen-bond donors (Lipinski definition) is 0. The summed E-state index contributed by atoms with van der Waals surface area (Å²) >= 11 is 80.2. The highest BCUT2D eigenvalue weighted by molar-refractivity contribution is 6.62. The minimum absolute atomic E-state index is 0.203. The molecule has 180 valence electrons. The summed E-state index contributed by atoms with van der Waals surface area (Å²) in [4.78, 5) is 0. The molecule has 1 rings (SSSR count). The van der Waals surface area contributed by atoms with E-state index in [9.17, 15) is 0 Å². The number of hydrogen-bond acceptors (Lipinski definition) is 0. The molecule has 1 aromatic rings. The Hall–Kier alpha value is 3.57. The molecule has 0 amide bonds. The van der Waals surface area contributed by atoms with E-state index in [0.717, 1.165) is 0 Å². The third-order valence-electron chi connectivity index (χ3n) is 4.88. The highest BCUT2D eigenvalue weighted by Gasteiger charge is 2.52. The van der Waals surface area contributed by atoms with E-state index in [1.165, 1.54) is 0 Å². The van der Waals surface area contributed by atoms with Crippen LogP contribution >= 0.6 is 139 Å². The summed E-state index contributed by atoms with van der Waals surface area (Å²) < 4.78 is -6.57. The van der Waals surface area contributed by atoms with Gasteiger partial charge in [-0.2, -0.15) is 0 Å². The molecule has 0 saturated carbocycles. The smallest absolute Gasteiger partial charge is 0.124 e. The van der Waals surface area contributed by atoms with E-state index < -0.39 is 37.3 Å². The SMILES string of the molecule is Cc1cc(C(Cl)(Cl)C([SiH3])Cl)c(C(Cl)(Cl)C([SiH3])Cl)c(C(Cl)(Cl)C([SiH3])Cl)c1C(Cl)(Cl)C([SiH3])Cl. The summed E-state index contributed by atoms with van der Waals surface area (Å²) in [6.07, 6.45) is 0. The van der Waals surface area contributed by atoms with Crippen LogP contribution in [0, 0.1) is 6.92 Å². The average Bonchev–Trinajstić information content (AvgIpc) is 2.59. The van der Waals surface area contributed by atoms with Gasteiger partial charge in [0.05, 0.1) is 20.0 Å². The summed E-state index contributed by atoms with van der Waals surface area (Å²) in [5.41, 5.74) is 1.67. The maximum atomic E-state index is 6.86. The number of benzene rings is 1. The first-order valence-corrected chi connectivity index (χ1v) is 18.3. The minimum atomic E-state index is -1.71. The normalized spacial score (nSPS) is 18.4. The standard InChI is InChI=1S/C15H20Cl12Si4/c1-3-2-4(12(20,21)8(16)28)6(14(24,25)10(18)30)7(15(26,27)11(19)31)5(3)13(22,23)9(17)29/h2,8-11H,1,28-31H3. The summed E-state index contributed by atoms with van der Waals surface area (Å²) in [7, 11) is 1.70. The molecule has 0 N–H and O–H groups in total. The summed E-state index contributed by atoms with van der Waals surface area (Å²) in [6, 6.07) is 1.68. The lowest BCUT2D eigenvalue weighted by atomic mass is 9.85. The molecule has 0 aliphatic heterocycles. The van der Waals surface area contributed by atoms with Gasteiger partial charge < -0.3 is 0 Å². The van der Waals surface area contributed by atoms with Crippen LogP contribution in [0.15, 0.2) is 6.07 Å². The van der Waals surface area contributed by atoms with Gasteiger partial charge in [0.2, 0.25) is 0 Å². The second-order valence-electron chi connectivity index (χ2n) is 7.32. The predicted molar refractivity (Wildman–Crippen MR) is 163 cm³/mol. The van der Waals surface area contributed by atoms with E-state index >= 15 is 0 Å². The van der Waals surface area contributed by atoms with Crippen molar-refractivity contribution in [3.8, 4) is 0 Å². The minimum Gasteiger partial charge on any atom is -0.124 e. The van der Waals surface area contributed by atoms with Crippen molar-refractivity contribution in [1.82, 2.24) is 0 Å². The Labute approximate surface area is 255 Å². The second kappa shape index (κ2) is 11.5. The van der Waals surface area contributed by atoms with E-state index in [2.05, 4.69) is 0 Å². The Morgan fingerprint density at radius 1 is 0.548 bits per heavy atom. The zero-order valence-electron chi connectivity index (χ0n) is 16.9. The molecule has 0 radical (unpaired) electrons. The number of rotatable bonds is 8. The van der Waals surface area contributed by atoms with Gasteiger partial charge >= 0.3 is 0 Å². The van der Waals surface area contributed by atoms with Gasteiger partial charge in [0.1, 0.15) is 0 Å². The summed E-state index contributed by atoms with van der Waals surface area (Å²) in [6.45, 7) is 1.76. The zero-order chi connectivity index (χ0) is 24.9. The van der Waals surface area contributed by atoms with Gasteiger partial charge in [0, 0.05) is 52.1 Å². The van der Waals surface area contributed by atoms with Gasteiger partial charge in [0.15, 0.2) is 17.3 Å². The summed E-state index contributed by atoms with van der Waals surface area (Å²) in [5.74, 6) is 0. The van der Waals surface area contributed by atoms with Crippen molar-refractivity contribution >= 4 is 180 Å². The van der Waals surface area contributed by atoms with E-state index in [1.54, 1.807) is 13.0 Å². The molecule has 4 atom stereocenters. The maximum absolute atomic E-state index is 6.86. The molecule has 16 heteroatoms. The van der Waals surface area contributed by atoms with Crippen molar-refractivity contribution in [3.63, 3.8) is 0 Å². The van der Waals surface area contributed by atoms with Crippen LogP contribution in [0.2, 0.25) is 0 Å². The molecule has 4 unspecified atom stereocenters. The molecular formula is C15H20Cl12Si4. The molecule has 0 aliphatic rings. The Morgan fingerprint density at radius 3 is 1.16 bits per heavy atom. The molecule has 0 nitrogen and oxygen atoms in total. The van der Waals surface area contributed by atoms with Crippen LogP contribution in [0.5, 0.6) is 0 Å². The average molecular weight is 738 g/mol. The van der Waals surface area contributed by atoms with Crippen LogP contribution in [0.25, 0.3) is 0 Å². The molecule has 31 heavy (non-hydrogen) atoms. The van der Waals surface area contributed by atoms with Gasteiger partial charge in [-0.05, 0) is 23.6 Å². The third kappa shape index (κ3) is 6.53. The fourth-order valence-electron chi connectivity index (χ4n) is 3.00. The third-order valence-corrected chi connectivity index (χ3v) is 17.6. The highest BCUT2D eigenvalue weighted by atomic mass is 35.5. The first-order valence-electron chi connectivity index (χ1n) is 8.93. The predicted octanol–water partition coefficient (Wildman–Crippen LogP) is 4.24. The first-order chi connectivity index (χ1) is 13.7. The van der Waals surface area contributed by atoms with Crippen LogP contribution in [-0.4, -0.2) is 61.0 Å². The molecule has 0 aromatic heterocycles. The van der Waals surface area contributed by atoms with Crippen molar-refractivity contribution in [2.45, 2.75) is 44.3 Å². The first kappa shape index (κ1) is 32.6. The lowest BCUT2D eigenvalue weighted by Crippen LogP contribution is -2.40. The molecular weight excluding hydrogens is 718 g/mol. The van der Waals surface area contributed by atoms with Crippen LogP contribution in [0.1, 0.15) is 27.8 Å². The van der Waals surface area contributed by atoms with Crippen molar-refractivity contribution < 1.29 is 0 Å².